The molecule has 0 bridgehead atoms. The van der Waals surface area contributed by atoms with Crippen LogP contribution in [0.4, 0.5) is 0 Å². The van der Waals surface area contributed by atoms with E-state index in [1.807, 2.05) is 0 Å². The predicted octanol–water partition coefficient (Wildman–Crippen LogP) is 1.48. The van der Waals surface area contributed by atoms with Crippen molar-refractivity contribution in [1.29, 1.82) is 0 Å². The smallest absolute Gasteiger partial charge is 0.229 e. The molecule has 74 valence electrons. The highest BCUT2D eigenvalue weighted by molar-refractivity contribution is 5.98. The molecule has 0 aromatic heterocycles. The molecule has 0 unspecified atom stereocenters. The average Bonchev–Trinajstić information content (AvgIpc) is 2.02. The molecule has 3 heteroatoms. The van der Waals surface area contributed by atoms with Crippen molar-refractivity contribution in [3.05, 3.63) is 0 Å². The minimum Gasteiger partial charge on any atom is -0.296 e. The van der Waals surface area contributed by atoms with Crippen molar-refractivity contribution in [2.24, 2.45) is 11.8 Å². The Labute approximate surface area is 78.9 Å². The van der Waals surface area contributed by atoms with Crippen LogP contribution in [0.1, 0.15) is 39.5 Å². The molecule has 0 aromatic carbocycles. The molecule has 0 aliphatic carbocycles. The number of amides is 2. The van der Waals surface area contributed by atoms with Gasteiger partial charge in [-0.25, -0.2) is 0 Å². The largest absolute Gasteiger partial charge is 0.296 e. The molecule has 3 nitrogen and oxygen atoms in total. The summed E-state index contributed by atoms with van der Waals surface area (Å²) in [5.41, 5.74) is 0. The summed E-state index contributed by atoms with van der Waals surface area (Å²) in [4.78, 5) is 22.1. The lowest BCUT2D eigenvalue weighted by Crippen LogP contribution is -2.40. The third-order valence-corrected chi connectivity index (χ3v) is 2.45. The molecule has 0 saturated carbocycles. The summed E-state index contributed by atoms with van der Waals surface area (Å²) in [7, 11) is 0. The van der Waals surface area contributed by atoms with Crippen molar-refractivity contribution in [3.8, 4) is 0 Å². The summed E-state index contributed by atoms with van der Waals surface area (Å²) in [5, 5.41) is 2.38. The third-order valence-electron chi connectivity index (χ3n) is 2.45. The Bertz CT molecular complexity index is 211. The zero-order chi connectivity index (χ0) is 9.84. The van der Waals surface area contributed by atoms with Crippen molar-refractivity contribution in [1.82, 2.24) is 5.32 Å². The first-order valence-electron chi connectivity index (χ1n) is 4.93. The second kappa shape index (κ2) is 4.40. The number of hydrogen-bond acceptors (Lipinski definition) is 2. The Balaban J connectivity index is 2.34. The van der Waals surface area contributed by atoms with Crippen molar-refractivity contribution in [2.45, 2.75) is 39.5 Å². The molecule has 2 amide bonds. The highest BCUT2D eigenvalue weighted by Crippen LogP contribution is 2.20. The highest BCUT2D eigenvalue weighted by atomic mass is 16.2. The first-order valence-corrected chi connectivity index (χ1v) is 4.93. The molecule has 1 N–H and O–H groups in total. The maximum atomic E-state index is 11.3. The fourth-order valence-corrected chi connectivity index (χ4v) is 1.55. The molecule has 13 heavy (non-hydrogen) atoms. The molecular weight excluding hydrogens is 166 g/mol. The van der Waals surface area contributed by atoms with Gasteiger partial charge in [0.15, 0.2) is 0 Å². The van der Waals surface area contributed by atoms with E-state index in [-0.39, 0.29) is 17.7 Å². The number of piperidine rings is 1. The van der Waals surface area contributed by atoms with Crippen LogP contribution in [0.2, 0.25) is 0 Å². The number of carbonyl (C=O) groups excluding carboxylic acids is 2. The molecule has 0 radical (unpaired) electrons. The lowest BCUT2D eigenvalue weighted by atomic mass is 9.91. The van der Waals surface area contributed by atoms with Gasteiger partial charge in [-0.2, -0.15) is 0 Å². The third kappa shape index (κ3) is 3.17. The zero-order valence-corrected chi connectivity index (χ0v) is 8.30. The van der Waals surface area contributed by atoms with Gasteiger partial charge >= 0.3 is 0 Å². The van der Waals surface area contributed by atoms with Crippen LogP contribution >= 0.6 is 0 Å². The van der Waals surface area contributed by atoms with E-state index >= 15 is 0 Å². The van der Waals surface area contributed by atoms with Gasteiger partial charge in [0.2, 0.25) is 11.8 Å². The molecule has 1 aliphatic rings. The van der Waals surface area contributed by atoms with Crippen LogP contribution < -0.4 is 5.32 Å². The molecule has 0 aromatic rings. The van der Waals surface area contributed by atoms with E-state index in [0.29, 0.717) is 12.3 Å². The molecule has 1 aliphatic heterocycles. The number of rotatable bonds is 3. The van der Waals surface area contributed by atoms with Gasteiger partial charge in [0.25, 0.3) is 0 Å². The van der Waals surface area contributed by atoms with Crippen LogP contribution in [-0.2, 0) is 9.59 Å². The van der Waals surface area contributed by atoms with Gasteiger partial charge in [-0.1, -0.05) is 20.3 Å². The summed E-state index contributed by atoms with van der Waals surface area (Å²) in [6.07, 6.45) is 3.22. The van der Waals surface area contributed by atoms with Crippen LogP contribution in [0.3, 0.4) is 0 Å². The van der Waals surface area contributed by atoms with Gasteiger partial charge in [-0.3, -0.25) is 14.9 Å². The maximum Gasteiger partial charge on any atom is 0.229 e. The minimum atomic E-state index is -0.120. The van der Waals surface area contributed by atoms with Gasteiger partial charge in [0.1, 0.15) is 0 Å². The Hall–Kier alpha value is -0.860. The quantitative estimate of drug-likeness (QED) is 0.673. The first-order chi connectivity index (χ1) is 6.09. The van der Waals surface area contributed by atoms with E-state index in [0.717, 1.165) is 19.3 Å². The van der Waals surface area contributed by atoms with E-state index in [1.165, 1.54) is 0 Å². The van der Waals surface area contributed by atoms with E-state index < -0.39 is 0 Å². The van der Waals surface area contributed by atoms with Gasteiger partial charge in [0.05, 0.1) is 0 Å². The molecule has 1 heterocycles. The molecule has 1 rings (SSSR count). The van der Waals surface area contributed by atoms with Crippen molar-refractivity contribution < 1.29 is 9.59 Å². The number of hydrogen-bond donors (Lipinski definition) is 1. The standard InChI is InChI=1S/C10H17NO2/c1-7(2)3-4-8-5-6-9(12)11-10(8)13/h7-8H,3-6H2,1-2H3,(H,11,12,13)/t8-/m0/s1. The zero-order valence-electron chi connectivity index (χ0n) is 8.30. The average molecular weight is 183 g/mol. The maximum absolute atomic E-state index is 11.3. The Kier molecular flexibility index (Phi) is 3.46. The van der Waals surface area contributed by atoms with E-state index in [9.17, 15) is 9.59 Å². The monoisotopic (exact) mass is 183 g/mol. The lowest BCUT2D eigenvalue weighted by Gasteiger charge is -2.21. The fraction of sp³-hybridized carbons (Fsp3) is 0.800. The van der Waals surface area contributed by atoms with Crippen LogP contribution in [0.25, 0.3) is 0 Å². The normalized spacial score (nSPS) is 23.5. The van der Waals surface area contributed by atoms with Crippen molar-refractivity contribution >= 4 is 11.8 Å². The molecule has 0 spiro atoms. The Morgan fingerprint density at radius 3 is 2.69 bits per heavy atom. The predicted molar refractivity (Wildman–Crippen MR) is 49.9 cm³/mol. The van der Waals surface area contributed by atoms with Crippen LogP contribution in [0.5, 0.6) is 0 Å². The molecule has 1 atom stereocenters. The summed E-state index contributed by atoms with van der Waals surface area (Å²) >= 11 is 0. The Morgan fingerprint density at radius 1 is 1.46 bits per heavy atom. The molecule has 1 fully saturated rings. The summed E-state index contributed by atoms with van der Waals surface area (Å²) in [6.45, 7) is 4.29. The first kappa shape index (κ1) is 10.2. The summed E-state index contributed by atoms with van der Waals surface area (Å²) < 4.78 is 0. The van der Waals surface area contributed by atoms with Gasteiger partial charge in [-0.05, 0) is 18.8 Å². The van der Waals surface area contributed by atoms with Crippen LogP contribution in [-0.4, -0.2) is 11.8 Å². The van der Waals surface area contributed by atoms with E-state index in [4.69, 9.17) is 0 Å². The Morgan fingerprint density at radius 2 is 2.15 bits per heavy atom. The minimum absolute atomic E-state index is 0.0695. The number of imide groups is 1. The van der Waals surface area contributed by atoms with Gasteiger partial charge in [-0.15, -0.1) is 0 Å². The highest BCUT2D eigenvalue weighted by Gasteiger charge is 2.25. The molecular formula is C10H17NO2. The second-order valence-electron chi connectivity index (χ2n) is 4.12. The van der Waals surface area contributed by atoms with Gasteiger partial charge in [0, 0.05) is 12.3 Å². The van der Waals surface area contributed by atoms with Crippen molar-refractivity contribution in [2.75, 3.05) is 0 Å². The summed E-state index contributed by atoms with van der Waals surface area (Å²) in [6, 6.07) is 0. The number of carbonyl (C=O) groups is 2. The van der Waals surface area contributed by atoms with Gasteiger partial charge < -0.3 is 0 Å². The second-order valence-corrected chi connectivity index (χ2v) is 4.12. The van der Waals surface area contributed by atoms with E-state index in [1.54, 1.807) is 0 Å². The summed E-state index contributed by atoms with van der Waals surface area (Å²) in [5.74, 6) is 0.508. The SMILES string of the molecule is CC(C)CC[C@H]1CCC(=O)NC1=O. The fourth-order valence-electron chi connectivity index (χ4n) is 1.55. The topological polar surface area (TPSA) is 46.2 Å². The van der Waals surface area contributed by atoms with Crippen LogP contribution in [0, 0.1) is 11.8 Å². The molecule has 1 saturated heterocycles. The number of nitrogens with one attached hydrogen (secondary N) is 1. The van der Waals surface area contributed by atoms with Crippen LogP contribution in [0.15, 0.2) is 0 Å². The lowest BCUT2D eigenvalue weighted by molar-refractivity contribution is -0.136. The van der Waals surface area contributed by atoms with Crippen molar-refractivity contribution in [3.63, 3.8) is 0 Å². The van der Waals surface area contributed by atoms with E-state index in [2.05, 4.69) is 19.2 Å².